The van der Waals surface area contributed by atoms with Crippen LogP contribution in [0.25, 0.3) is 0 Å². The Balaban J connectivity index is 1.29. The number of esters is 2. The van der Waals surface area contributed by atoms with E-state index in [1.807, 2.05) is 36.4 Å². The van der Waals surface area contributed by atoms with Crippen molar-refractivity contribution in [2.45, 2.75) is 78.2 Å². The molecule has 0 radical (unpaired) electrons. The van der Waals surface area contributed by atoms with Gasteiger partial charge in [0.15, 0.2) is 0 Å². The summed E-state index contributed by atoms with van der Waals surface area (Å²) in [6, 6.07) is 9.31. The van der Waals surface area contributed by atoms with Crippen LogP contribution in [0.1, 0.15) is 82.5 Å². The summed E-state index contributed by atoms with van der Waals surface area (Å²) in [5, 5.41) is 2.67. The van der Waals surface area contributed by atoms with Crippen molar-refractivity contribution in [3.05, 3.63) is 59.3 Å². The number of ether oxygens (including phenoxy) is 2. The molecule has 4 aliphatic carbocycles. The summed E-state index contributed by atoms with van der Waals surface area (Å²) < 4.78 is 10.9. The molecule has 3 fully saturated rings. The van der Waals surface area contributed by atoms with E-state index in [1.165, 1.54) is 26.9 Å². The van der Waals surface area contributed by atoms with Crippen LogP contribution in [-0.4, -0.2) is 31.1 Å². The number of nitrogens with one attached hydrogen (secondary N) is 1. The Morgan fingerprint density at radius 3 is 2.47 bits per heavy atom. The molecule has 38 heavy (non-hydrogen) atoms. The van der Waals surface area contributed by atoms with E-state index in [4.69, 9.17) is 9.47 Å². The van der Waals surface area contributed by atoms with E-state index in [9.17, 15) is 14.4 Å². The minimum atomic E-state index is -0.514. The van der Waals surface area contributed by atoms with Crippen molar-refractivity contribution in [2.75, 3.05) is 7.11 Å². The maximum absolute atomic E-state index is 12.7. The second-order valence-corrected chi connectivity index (χ2v) is 12.4. The zero-order valence-electron chi connectivity index (χ0n) is 23.1. The molecule has 204 valence electrons. The SMILES string of the molecule is COC(=O)/C(=C/C1=CC[C@H]2[C@@H]3CCC4C[C@@H](OC(=O)c5ccccc5)CC[C@]4(C)[C@H]3CC[C@]12C)NC(C)=O. The van der Waals surface area contributed by atoms with Crippen LogP contribution >= 0.6 is 0 Å². The number of allylic oxidation sites excluding steroid dienone is 3. The van der Waals surface area contributed by atoms with Crippen molar-refractivity contribution >= 4 is 17.8 Å². The molecule has 1 aromatic rings. The van der Waals surface area contributed by atoms with Gasteiger partial charge in [-0.25, -0.2) is 9.59 Å². The van der Waals surface area contributed by atoms with Gasteiger partial charge in [0.05, 0.1) is 12.7 Å². The fraction of sp³-hybridized carbons (Fsp3) is 0.594. The summed E-state index contributed by atoms with van der Waals surface area (Å²) in [7, 11) is 1.34. The van der Waals surface area contributed by atoms with E-state index in [0.717, 1.165) is 44.1 Å². The Morgan fingerprint density at radius 1 is 1.00 bits per heavy atom. The zero-order valence-corrected chi connectivity index (χ0v) is 23.1. The molecule has 4 aliphatic rings. The van der Waals surface area contributed by atoms with Crippen LogP contribution in [0.5, 0.6) is 0 Å². The lowest BCUT2D eigenvalue weighted by atomic mass is 9.44. The van der Waals surface area contributed by atoms with Gasteiger partial charge in [0.25, 0.3) is 0 Å². The van der Waals surface area contributed by atoms with Crippen LogP contribution in [0.4, 0.5) is 0 Å². The van der Waals surface area contributed by atoms with Crippen molar-refractivity contribution in [1.29, 1.82) is 0 Å². The second kappa shape index (κ2) is 10.3. The highest BCUT2D eigenvalue weighted by Crippen LogP contribution is 2.66. The van der Waals surface area contributed by atoms with Crippen molar-refractivity contribution < 1.29 is 23.9 Å². The number of amides is 1. The molecule has 0 aromatic heterocycles. The van der Waals surface area contributed by atoms with Crippen LogP contribution < -0.4 is 5.32 Å². The number of benzene rings is 1. The molecular formula is C32H41NO5. The molecule has 0 aliphatic heterocycles. The lowest BCUT2D eigenvalue weighted by Gasteiger charge is -2.60. The van der Waals surface area contributed by atoms with Crippen molar-refractivity contribution in [3.63, 3.8) is 0 Å². The molecule has 1 unspecified atom stereocenters. The summed E-state index contributed by atoms with van der Waals surface area (Å²) >= 11 is 0. The van der Waals surface area contributed by atoms with Gasteiger partial charge in [0, 0.05) is 6.92 Å². The Kier molecular flexibility index (Phi) is 7.27. The van der Waals surface area contributed by atoms with Gasteiger partial charge in [0.2, 0.25) is 5.91 Å². The smallest absolute Gasteiger partial charge is 0.354 e. The van der Waals surface area contributed by atoms with Gasteiger partial charge < -0.3 is 14.8 Å². The molecule has 1 amide bonds. The van der Waals surface area contributed by atoms with Crippen LogP contribution in [0.2, 0.25) is 0 Å². The highest BCUT2D eigenvalue weighted by molar-refractivity contribution is 5.93. The number of carbonyl (C=O) groups is 3. The third-order valence-corrected chi connectivity index (χ3v) is 10.6. The summed E-state index contributed by atoms with van der Waals surface area (Å²) in [4.78, 5) is 36.7. The number of methoxy groups -OCH3 is 1. The molecule has 3 saturated carbocycles. The third-order valence-electron chi connectivity index (χ3n) is 10.6. The molecule has 0 heterocycles. The van der Waals surface area contributed by atoms with E-state index < -0.39 is 5.97 Å². The normalized spacial score (nSPS) is 36.2. The van der Waals surface area contributed by atoms with E-state index in [2.05, 4.69) is 25.2 Å². The first-order valence-corrected chi connectivity index (χ1v) is 14.2. The summed E-state index contributed by atoms with van der Waals surface area (Å²) in [6.45, 7) is 6.26. The van der Waals surface area contributed by atoms with E-state index in [0.29, 0.717) is 29.2 Å². The average molecular weight is 520 g/mol. The highest BCUT2D eigenvalue weighted by Gasteiger charge is 2.58. The monoisotopic (exact) mass is 519 g/mol. The minimum absolute atomic E-state index is 0.00148. The van der Waals surface area contributed by atoms with E-state index in [-0.39, 0.29) is 34.5 Å². The lowest BCUT2D eigenvalue weighted by molar-refractivity contribution is -0.137. The van der Waals surface area contributed by atoms with Crippen LogP contribution in [-0.2, 0) is 19.1 Å². The lowest BCUT2D eigenvalue weighted by Crippen LogP contribution is -2.53. The molecule has 0 saturated heterocycles. The largest absolute Gasteiger partial charge is 0.464 e. The number of hydrogen-bond acceptors (Lipinski definition) is 5. The van der Waals surface area contributed by atoms with Gasteiger partial charge in [-0.05, 0) is 110 Å². The molecule has 6 heteroatoms. The number of rotatable bonds is 5. The van der Waals surface area contributed by atoms with Crippen LogP contribution in [0, 0.1) is 34.5 Å². The number of carbonyl (C=O) groups excluding carboxylic acids is 3. The number of hydrogen-bond donors (Lipinski definition) is 1. The standard InChI is InChI=1S/C32H41NO5/c1-20(34)33-28(30(36)37-4)19-23-11-13-26-25-12-10-22-18-24(38-29(35)21-8-6-5-7-9-21)14-16-31(22,2)27(25)15-17-32(23,26)3/h5-9,11,19,22,24-27H,10,12-18H2,1-4H3,(H,33,34)/b28-19-/t22?,24-,25-,26-,27-,31-,32+/m0/s1. The summed E-state index contributed by atoms with van der Waals surface area (Å²) in [5.74, 6) is 1.43. The topological polar surface area (TPSA) is 81.7 Å². The van der Waals surface area contributed by atoms with Crippen molar-refractivity contribution in [1.82, 2.24) is 5.32 Å². The van der Waals surface area contributed by atoms with Gasteiger partial charge in [-0.15, -0.1) is 0 Å². The van der Waals surface area contributed by atoms with Crippen molar-refractivity contribution in [2.24, 2.45) is 34.5 Å². The Hall–Kier alpha value is -2.89. The molecule has 0 bridgehead atoms. The fourth-order valence-electron chi connectivity index (χ4n) is 8.54. The molecule has 5 rings (SSSR count). The molecule has 1 N–H and O–H groups in total. The second-order valence-electron chi connectivity index (χ2n) is 12.4. The first-order valence-electron chi connectivity index (χ1n) is 14.2. The fourth-order valence-corrected chi connectivity index (χ4v) is 8.54. The molecule has 7 atom stereocenters. The van der Waals surface area contributed by atoms with Crippen LogP contribution in [0.3, 0.4) is 0 Å². The molecule has 6 nitrogen and oxygen atoms in total. The highest BCUT2D eigenvalue weighted by atomic mass is 16.5. The molecule has 1 aromatic carbocycles. The first kappa shape index (κ1) is 26.7. The van der Waals surface area contributed by atoms with Crippen molar-refractivity contribution in [3.8, 4) is 0 Å². The number of fused-ring (bicyclic) bond motifs is 5. The first-order chi connectivity index (χ1) is 18.2. The van der Waals surface area contributed by atoms with Gasteiger partial charge in [-0.1, -0.05) is 38.1 Å². The Bertz CT molecular complexity index is 1160. The molecular weight excluding hydrogens is 478 g/mol. The quantitative estimate of drug-likeness (QED) is 0.382. The summed E-state index contributed by atoms with van der Waals surface area (Å²) in [5.41, 5.74) is 2.26. The Labute approximate surface area is 226 Å². The van der Waals surface area contributed by atoms with Gasteiger partial charge in [0.1, 0.15) is 11.8 Å². The predicted molar refractivity (Wildman–Crippen MR) is 145 cm³/mol. The van der Waals surface area contributed by atoms with E-state index >= 15 is 0 Å². The maximum Gasteiger partial charge on any atom is 0.354 e. The van der Waals surface area contributed by atoms with Crippen LogP contribution in [0.15, 0.2) is 53.8 Å². The minimum Gasteiger partial charge on any atom is -0.464 e. The third kappa shape index (κ3) is 4.71. The predicted octanol–water partition coefficient (Wildman–Crippen LogP) is 5.98. The average Bonchev–Trinajstić information content (AvgIpc) is 3.24. The van der Waals surface area contributed by atoms with Gasteiger partial charge in [-0.2, -0.15) is 0 Å². The van der Waals surface area contributed by atoms with Gasteiger partial charge in [-0.3, -0.25) is 4.79 Å². The molecule has 0 spiro atoms. The van der Waals surface area contributed by atoms with E-state index in [1.54, 1.807) is 0 Å². The Morgan fingerprint density at radius 2 is 1.76 bits per heavy atom. The maximum atomic E-state index is 12.7. The zero-order chi connectivity index (χ0) is 27.1. The van der Waals surface area contributed by atoms with Gasteiger partial charge >= 0.3 is 11.9 Å². The summed E-state index contributed by atoms with van der Waals surface area (Å²) in [6.07, 6.45) is 12.8.